The molecule has 1 aliphatic carbocycles. The van der Waals surface area contributed by atoms with Crippen LogP contribution in [0.5, 0.6) is 0 Å². The van der Waals surface area contributed by atoms with E-state index in [0.29, 0.717) is 5.71 Å². The summed E-state index contributed by atoms with van der Waals surface area (Å²) >= 11 is 3.44. The van der Waals surface area contributed by atoms with Crippen molar-refractivity contribution in [2.75, 3.05) is 0 Å². The lowest BCUT2D eigenvalue weighted by Gasteiger charge is -2.17. The van der Waals surface area contributed by atoms with Gasteiger partial charge in [-0.15, -0.1) is 0 Å². The minimum Gasteiger partial charge on any atom is -0.433 e. The summed E-state index contributed by atoms with van der Waals surface area (Å²) < 4.78 is 5.00. The summed E-state index contributed by atoms with van der Waals surface area (Å²) in [5.41, 5.74) is 0.0247. The number of carbonyl (C=O) groups excluding carboxylic acids is 1. The Kier molecular flexibility index (Phi) is 2.21. The van der Waals surface area contributed by atoms with E-state index in [1.54, 1.807) is 0 Å². The average molecular weight is 260 g/mol. The van der Waals surface area contributed by atoms with Gasteiger partial charge in [-0.25, -0.2) is 9.79 Å². The second kappa shape index (κ2) is 3.05. The van der Waals surface area contributed by atoms with E-state index in [0.717, 1.165) is 25.7 Å². The number of hydrogen-bond donors (Lipinski definition) is 0. The van der Waals surface area contributed by atoms with Gasteiger partial charge >= 0.3 is 5.97 Å². The van der Waals surface area contributed by atoms with Crippen LogP contribution < -0.4 is 0 Å². The number of ether oxygens (including phenoxy) is 1. The van der Waals surface area contributed by atoms with Crippen LogP contribution >= 0.6 is 15.9 Å². The second-order valence-electron chi connectivity index (χ2n) is 4.48. The monoisotopic (exact) mass is 259 g/mol. The quantitative estimate of drug-likeness (QED) is 0.536. The zero-order valence-electron chi connectivity index (χ0n) is 8.47. The van der Waals surface area contributed by atoms with Crippen molar-refractivity contribution in [2.24, 2.45) is 4.99 Å². The lowest BCUT2D eigenvalue weighted by molar-refractivity contribution is -0.145. The van der Waals surface area contributed by atoms with Crippen LogP contribution in [0.25, 0.3) is 0 Å². The normalized spacial score (nSPS) is 25.4. The lowest BCUT2D eigenvalue weighted by atomic mass is 10.1. The maximum absolute atomic E-state index is 11.6. The SMILES string of the molecule is CC(C)(Br)C1=NC2(CCCC2)OC1=O. The predicted molar refractivity (Wildman–Crippen MR) is 57.7 cm³/mol. The molecule has 1 spiro atoms. The van der Waals surface area contributed by atoms with Gasteiger partial charge in [-0.2, -0.15) is 0 Å². The van der Waals surface area contributed by atoms with Gasteiger partial charge in [0.05, 0.1) is 4.32 Å². The number of halogens is 1. The van der Waals surface area contributed by atoms with Gasteiger partial charge in [0.15, 0.2) is 0 Å². The molecule has 0 saturated heterocycles. The molecule has 2 aliphatic rings. The number of hydrogen-bond acceptors (Lipinski definition) is 3. The Balaban J connectivity index is 2.30. The molecule has 0 atom stereocenters. The minimum absolute atomic E-state index is 0.256. The predicted octanol–water partition coefficient (Wildman–Crippen LogP) is 2.43. The molecule has 4 heteroatoms. The summed E-state index contributed by atoms with van der Waals surface area (Å²) in [6.07, 6.45) is 3.97. The van der Waals surface area contributed by atoms with Crippen LogP contribution in [-0.2, 0) is 9.53 Å². The van der Waals surface area contributed by atoms with E-state index in [1.807, 2.05) is 13.8 Å². The lowest BCUT2D eigenvalue weighted by Crippen LogP contribution is -2.29. The number of carbonyl (C=O) groups is 1. The highest BCUT2D eigenvalue weighted by atomic mass is 79.9. The van der Waals surface area contributed by atoms with Crippen molar-refractivity contribution < 1.29 is 9.53 Å². The van der Waals surface area contributed by atoms with Crippen molar-refractivity contribution in [3.63, 3.8) is 0 Å². The van der Waals surface area contributed by atoms with Gasteiger partial charge in [0.1, 0.15) is 5.71 Å². The molecule has 0 aromatic heterocycles. The second-order valence-corrected chi connectivity index (χ2v) is 6.46. The largest absolute Gasteiger partial charge is 0.433 e. The Bertz CT molecular complexity index is 298. The van der Waals surface area contributed by atoms with Crippen LogP contribution in [0, 0.1) is 0 Å². The number of nitrogens with zero attached hydrogens (tertiary/aromatic N) is 1. The zero-order chi connectivity index (χ0) is 10.4. The van der Waals surface area contributed by atoms with E-state index in [9.17, 15) is 4.79 Å². The fraction of sp³-hybridized carbons (Fsp3) is 0.800. The molecule has 1 fully saturated rings. The molecule has 0 amide bonds. The summed E-state index contributed by atoms with van der Waals surface area (Å²) in [6.45, 7) is 3.84. The van der Waals surface area contributed by atoms with Crippen LogP contribution in [0.4, 0.5) is 0 Å². The fourth-order valence-electron chi connectivity index (χ4n) is 2.01. The first-order chi connectivity index (χ1) is 6.43. The van der Waals surface area contributed by atoms with Gasteiger partial charge < -0.3 is 4.74 Å². The highest BCUT2D eigenvalue weighted by molar-refractivity contribution is 9.10. The minimum atomic E-state index is -0.503. The van der Waals surface area contributed by atoms with E-state index < -0.39 is 5.72 Å². The molecule has 14 heavy (non-hydrogen) atoms. The van der Waals surface area contributed by atoms with Crippen LogP contribution in [0.1, 0.15) is 39.5 Å². The Labute approximate surface area is 92.1 Å². The Morgan fingerprint density at radius 1 is 1.43 bits per heavy atom. The van der Waals surface area contributed by atoms with Gasteiger partial charge in [-0.3, -0.25) is 0 Å². The molecule has 2 rings (SSSR count). The molecule has 0 N–H and O–H groups in total. The van der Waals surface area contributed by atoms with E-state index >= 15 is 0 Å². The molecular weight excluding hydrogens is 246 g/mol. The summed E-state index contributed by atoms with van der Waals surface area (Å²) in [4.78, 5) is 16.1. The van der Waals surface area contributed by atoms with E-state index in [-0.39, 0.29) is 10.3 Å². The van der Waals surface area contributed by atoms with Crippen LogP contribution in [0.3, 0.4) is 0 Å². The molecule has 1 heterocycles. The van der Waals surface area contributed by atoms with Crippen molar-refractivity contribution in [3.8, 4) is 0 Å². The Hall–Kier alpha value is -0.380. The summed E-state index contributed by atoms with van der Waals surface area (Å²) in [7, 11) is 0. The molecule has 0 bridgehead atoms. The van der Waals surface area contributed by atoms with Gasteiger partial charge in [-0.1, -0.05) is 15.9 Å². The van der Waals surface area contributed by atoms with Crippen LogP contribution in [0.2, 0.25) is 0 Å². The van der Waals surface area contributed by atoms with E-state index in [1.165, 1.54) is 0 Å². The van der Waals surface area contributed by atoms with Crippen molar-refractivity contribution in [2.45, 2.75) is 49.6 Å². The number of rotatable bonds is 1. The fourth-order valence-corrected chi connectivity index (χ4v) is 2.26. The number of esters is 1. The molecule has 78 valence electrons. The number of alkyl halides is 1. The Morgan fingerprint density at radius 3 is 2.43 bits per heavy atom. The van der Waals surface area contributed by atoms with Gasteiger partial charge in [0.25, 0.3) is 0 Å². The molecule has 3 nitrogen and oxygen atoms in total. The maximum Gasteiger partial charge on any atom is 0.356 e. The summed E-state index contributed by atoms with van der Waals surface area (Å²) in [5, 5.41) is 0. The van der Waals surface area contributed by atoms with E-state index in [2.05, 4.69) is 20.9 Å². The third kappa shape index (κ3) is 1.60. The third-order valence-corrected chi connectivity index (χ3v) is 3.12. The first kappa shape index (κ1) is 10.1. The van der Waals surface area contributed by atoms with Gasteiger partial charge in [-0.05, 0) is 26.7 Å². The Morgan fingerprint density at radius 2 is 2.00 bits per heavy atom. The first-order valence-electron chi connectivity index (χ1n) is 4.96. The summed E-state index contributed by atoms with van der Waals surface area (Å²) in [6, 6.07) is 0. The van der Waals surface area contributed by atoms with Crippen molar-refractivity contribution >= 4 is 27.6 Å². The third-order valence-electron chi connectivity index (χ3n) is 2.74. The van der Waals surface area contributed by atoms with Crippen LogP contribution in [0.15, 0.2) is 4.99 Å². The van der Waals surface area contributed by atoms with Crippen molar-refractivity contribution in [1.29, 1.82) is 0 Å². The molecule has 0 aromatic carbocycles. The maximum atomic E-state index is 11.6. The first-order valence-corrected chi connectivity index (χ1v) is 5.75. The molecule has 1 aliphatic heterocycles. The van der Waals surface area contributed by atoms with Crippen molar-refractivity contribution in [3.05, 3.63) is 0 Å². The van der Waals surface area contributed by atoms with Gasteiger partial charge in [0, 0.05) is 12.8 Å². The highest BCUT2D eigenvalue weighted by Crippen LogP contribution is 2.40. The molecule has 0 radical (unpaired) electrons. The molecular formula is C10H14BrNO2. The highest BCUT2D eigenvalue weighted by Gasteiger charge is 2.47. The van der Waals surface area contributed by atoms with Crippen molar-refractivity contribution in [1.82, 2.24) is 0 Å². The molecule has 0 unspecified atom stereocenters. The average Bonchev–Trinajstić information content (AvgIpc) is 2.59. The molecule has 1 saturated carbocycles. The van der Waals surface area contributed by atoms with Gasteiger partial charge in [0.2, 0.25) is 5.72 Å². The summed E-state index contributed by atoms with van der Waals surface area (Å²) in [5.74, 6) is -0.256. The standard InChI is InChI=1S/C10H14BrNO2/c1-9(2,11)7-8(13)14-10(12-7)5-3-4-6-10/h3-6H2,1-2H3. The smallest absolute Gasteiger partial charge is 0.356 e. The van der Waals surface area contributed by atoms with Crippen LogP contribution in [-0.4, -0.2) is 21.7 Å². The zero-order valence-corrected chi connectivity index (χ0v) is 10.1. The molecule has 0 aromatic rings. The topological polar surface area (TPSA) is 38.7 Å². The van der Waals surface area contributed by atoms with E-state index in [4.69, 9.17) is 4.74 Å². The number of aliphatic imine (C=N–C) groups is 1.